The zero-order valence-electron chi connectivity index (χ0n) is 7.77. The second-order valence-corrected chi connectivity index (χ2v) is 3.87. The summed E-state index contributed by atoms with van der Waals surface area (Å²) in [5.41, 5.74) is 2.49. The van der Waals surface area contributed by atoms with Gasteiger partial charge in [0.25, 0.3) is 0 Å². The fraction of sp³-hybridized carbons (Fsp3) is 0.400. The van der Waals surface area contributed by atoms with Crippen LogP contribution in [0.2, 0.25) is 0 Å². The topological polar surface area (TPSA) is 6.48 Å². The first-order valence-electron chi connectivity index (χ1n) is 4.55. The quantitative estimate of drug-likeness (QED) is 0.632. The Morgan fingerprint density at radius 1 is 1.15 bits per heavy atom. The molecule has 0 unspecified atom stereocenters. The molecule has 0 aliphatic carbocycles. The van der Waals surface area contributed by atoms with Crippen molar-refractivity contribution in [2.45, 2.75) is 6.42 Å². The Labute approximate surface area is 84.7 Å². The third kappa shape index (κ3) is 1.61. The molecule has 13 heavy (non-hydrogen) atoms. The molecule has 0 fully saturated rings. The van der Waals surface area contributed by atoms with Gasteiger partial charge in [0.15, 0.2) is 0 Å². The number of hydrogen-bond donors (Lipinski definition) is 1. The van der Waals surface area contributed by atoms with Crippen molar-refractivity contribution in [1.29, 1.82) is 0 Å². The SMILES string of the molecule is CN1CCCN(S)c2ccccc21. The summed E-state index contributed by atoms with van der Waals surface area (Å²) >= 11 is 4.46. The average Bonchev–Trinajstić information content (AvgIpc) is 2.29. The predicted molar refractivity (Wildman–Crippen MR) is 60.7 cm³/mol. The molecule has 1 aromatic carbocycles. The highest BCUT2D eigenvalue weighted by Crippen LogP contribution is 2.31. The van der Waals surface area contributed by atoms with Crippen molar-refractivity contribution in [3.63, 3.8) is 0 Å². The van der Waals surface area contributed by atoms with Crippen LogP contribution in [-0.4, -0.2) is 20.1 Å². The van der Waals surface area contributed by atoms with Crippen LogP contribution < -0.4 is 9.21 Å². The first-order chi connectivity index (χ1) is 6.29. The van der Waals surface area contributed by atoms with Gasteiger partial charge < -0.3 is 9.21 Å². The van der Waals surface area contributed by atoms with E-state index in [1.165, 1.54) is 11.4 Å². The number of fused-ring (bicyclic) bond motifs is 1. The van der Waals surface area contributed by atoms with E-state index in [9.17, 15) is 0 Å². The minimum absolute atomic E-state index is 1.02. The van der Waals surface area contributed by atoms with Gasteiger partial charge in [-0.2, -0.15) is 0 Å². The third-order valence-electron chi connectivity index (χ3n) is 2.43. The maximum atomic E-state index is 4.46. The van der Waals surface area contributed by atoms with Crippen molar-refractivity contribution in [1.82, 2.24) is 0 Å². The van der Waals surface area contributed by atoms with E-state index in [4.69, 9.17) is 0 Å². The molecule has 1 aromatic rings. The molecule has 1 heterocycles. The summed E-state index contributed by atoms with van der Waals surface area (Å²) in [5.74, 6) is 0. The molecular weight excluding hydrogens is 180 g/mol. The lowest BCUT2D eigenvalue weighted by atomic mass is 10.2. The Bertz CT molecular complexity index is 272. The molecule has 0 saturated carbocycles. The van der Waals surface area contributed by atoms with Crippen LogP contribution in [0.1, 0.15) is 6.42 Å². The number of rotatable bonds is 0. The van der Waals surface area contributed by atoms with Gasteiger partial charge >= 0.3 is 0 Å². The van der Waals surface area contributed by atoms with Crippen LogP contribution in [0.5, 0.6) is 0 Å². The molecule has 0 aromatic heterocycles. The van der Waals surface area contributed by atoms with E-state index >= 15 is 0 Å². The molecule has 1 aliphatic rings. The molecule has 1 aliphatic heterocycles. The average molecular weight is 194 g/mol. The van der Waals surface area contributed by atoms with Crippen molar-refractivity contribution < 1.29 is 0 Å². The monoisotopic (exact) mass is 194 g/mol. The number of thiol groups is 1. The Balaban J connectivity index is 2.45. The zero-order chi connectivity index (χ0) is 9.26. The van der Waals surface area contributed by atoms with Gasteiger partial charge in [-0.15, -0.1) is 0 Å². The maximum Gasteiger partial charge on any atom is 0.0701 e. The van der Waals surface area contributed by atoms with Gasteiger partial charge in [0, 0.05) is 20.1 Å². The van der Waals surface area contributed by atoms with E-state index in [1.807, 2.05) is 4.31 Å². The molecule has 2 nitrogen and oxygen atoms in total. The summed E-state index contributed by atoms with van der Waals surface area (Å²) in [4.78, 5) is 2.28. The van der Waals surface area contributed by atoms with E-state index in [2.05, 4.69) is 49.0 Å². The van der Waals surface area contributed by atoms with Gasteiger partial charge in [-0.1, -0.05) is 24.9 Å². The molecule has 0 N–H and O–H groups in total. The summed E-state index contributed by atoms with van der Waals surface area (Å²) in [6.07, 6.45) is 1.16. The Morgan fingerprint density at radius 2 is 1.85 bits per heavy atom. The number of anilines is 2. The Kier molecular flexibility index (Phi) is 2.36. The van der Waals surface area contributed by atoms with Gasteiger partial charge in [0.1, 0.15) is 0 Å². The molecule has 2 rings (SSSR count). The fourth-order valence-corrected chi connectivity index (χ4v) is 2.01. The first kappa shape index (κ1) is 8.75. The van der Waals surface area contributed by atoms with Crippen molar-refractivity contribution in [2.75, 3.05) is 29.3 Å². The summed E-state index contributed by atoms with van der Waals surface area (Å²) in [6.45, 7) is 2.12. The Morgan fingerprint density at radius 3 is 2.62 bits per heavy atom. The first-order valence-corrected chi connectivity index (χ1v) is 4.95. The highest BCUT2D eigenvalue weighted by molar-refractivity contribution is 7.81. The minimum atomic E-state index is 1.02. The fourth-order valence-electron chi connectivity index (χ4n) is 1.70. The summed E-state index contributed by atoms with van der Waals surface area (Å²) < 4.78 is 2.03. The summed E-state index contributed by atoms with van der Waals surface area (Å²) in [5, 5.41) is 0. The highest BCUT2D eigenvalue weighted by Gasteiger charge is 2.14. The van der Waals surface area contributed by atoms with E-state index in [0.717, 1.165) is 19.5 Å². The van der Waals surface area contributed by atoms with Gasteiger partial charge in [0.05, 0.1) is 11.4 Å². The largest absolute Gasteiger partial charge is 0.373 e. The van der Waals surface area contributed by atoms with E-state index in [1.54, 1.807) is 0 Å². The molecule has 0 bridgehead atoms. The molecule has 0 radical (unpaired) electrons. The smallest absolute Gasteiger partial charge is 0.0701 e. The van der Waals surface area contributed by atoms with Crippen LogP contribution in [0, 0.1) is 0 Å². The van der Waals surface area contributed by atoms with Crippen LogP contribution in [0.3, 0.4) is 0 Å². The third-order valence-corrected chi connectivity index (χ3v) is 2.85. The summed E-state index contributed by atoms with van der Waals surface area (Å²) in [7, 11) is 2.13. The van der Waals surface area contributed by atoms with E-state index in [0.29, 0.717) is 0 Å². The number of para-hydroxylation sites is 2. The number of nitrogens with zero attached hydrogens (tertiary/aromatic N) is 2. The van der Waals surface area contributed by atoms with Crippen LogP contribution in [0.25, 0.3) is 0 Å². The lowest BCUT2D eigenvalue weighted by Gasteiger charge is -2.20. The second kappa shape index (κ2) is 3.50. The lowest BCUT2D eigenvalue weighted by Crippen LogP contribution is -2.17. The van der Waals surface area contributed by atoms with E-state index in [-0.39, 0.29) is 0 Å². The Hall–Kier alpha value is -0.830. The predicted octanol–water partition coefficient (Wildman–Crippen LogP) is 2.18. The van der Waals surface area contributed by atoms with Gasteiger partial charge in [-0.25, -0.2) is 0 Å². The zero-order valence-corrected chi connectivity index (χ0v) is 8.67. The lowest BCUT2D eigenvalue weighted by molar-refractivity contribution is 0.823. The van der Waals surface area contributed by atoms with Gasteiger partial charge in [0.2, 0.25) is 0 Å². The van der Waals surface area contributed by atoms with Crippen molar-refractivity contribution >= 4 is 24.2 Å². The van der Waals surface area contributed by atoms with Crippen LogP contribution >= 0.6 is 12.8 Å². The standard InChI is InChI=1S/C10H14N2S/c1-11-7-4-8-12(13)10-6-3-2-5-9(10)11/h2-3,5-6,13H,4,7-8H2,1H3. The molecule has 70 valence electrons. The summed E-state index contributed by atoms with van der Waals surface area (Å²) in [6, 6.07) is 8.39. The molecule has 0 atom stereocenters. The molecule has 3 heteroatoms. The normalized spacial score (nSPS) is 16.8. The van der Waals surface area contributed by atoms with Gasteiger partial charge in [-0.3, -0.25) is 0 Å². The van der Waals surface area contributed by atoms with Crippen molar-refractivity contribution in [3.05, 3.63) is 24.3 Å². The second-order valence-electron chi connectivity index (χ2n) is 3.39. The molecule has 0 spiro atoms. The van der Waals surface area contributed by atoms with Crippen molar-refractivity contribution in [2.24, 2.45) is 0 Å². The minimum Gasteiger partial charge on any atom is -0.373 e. The molecule has 0 saturated heterocycles. The molecular formula is C10H14N2S. The number of hydrogen-bond acceptors (Lipinski definition) is 3. The van der Waals surface area contributed by atoms with Gasteiger partial charge in [-0.05, 0) is 18.6 Å². The molecule has 0 amide bonds. The van der Waals surface area contributed by atoms with Crippen LogP contribution in [-0.2, 0) is 0 Å². The van der Waals surface area contributed by atoms with Crippen molar-refractivity contribution in [3.8, 4) is 0 Å². The number of benzene rings is 1. The van der Waals surface area contributed by atoms with Crippen LogP contribution in [0.4, 0.5) is 11.4 Å². The highest BCUT2D eigenvalue weighted by atomic mass is 32.1. The van der Waals surface area contributed by atoms with E-state index < -0.39 is 0 Å². The van der Waals surface area contributed by atoms with Crippen LogP contribution in [0.15, 0.2) is 24.3 Å². The maximum absolute atomic E-state index is 4.46.